The number of ether oxygens (including phenoxy) is 1. The summed E-state index contributed by atoms with van der Waals surface area (Å²) in [7, 11) is -3.67. The van der Waals surface area contributed by atoms with E-state index in [0.29, 0.717) is 6.61 Å². The molecule has 2 aromatic rings. The van der Waals surface area contributed by atoms with E-state index in [1.54, 1.807) is 18.2 Å². The summed E-state index contributed by atoms with van der Waals surface area (Å²) >= 11 is 0. The zero-order chi connectivity index (χ0) is 19.0. The molecule has 2 rings (SSSR count). The summed E-state index contributed by atoms with van der Waals surface area (Å²) in [4.78, 5) is 2.45. The number of hydrazone groups is 1. The largest absolute Gasteiger partial charge is 0.494 e. The highest BCUT2D eigenvalue weighted by Crippen LogP contribution is 2.15. The molecule has 0 radical (unpaired) electrons. The minimum absolute atomic E-state index is 0.202. The Morgan fingerprint density at radius 3 is 2.42 bits per heavy atom. The first-order valence-corrected chi connectivity index (χ1v) is 10.3. The zero-order valence-corrected chi connectivity index (χ0v) is 16.3. The van der Waals surface area contributed by atoms with E-state index in [9.17, 15) is 8.42 Å². The maximum absolute atomic E-state index is 12.3. The monoisotopic (exact) mass is 374 g/mol. The van der Waals surface area contributed by atoms with E-state index >= 15 is 0 Å². The summed E-state index contributed by atoms with van der Waals surface area (Å²) in [6.07, 6.45) is 4.83. The van der Waals surface area contributed by atoms with Crippen molar-refractivity contribution >= 4 is 16.2 Å². The van der Waals surface area contributed by atoms with E-state index in [1.165, 1.54) is 6.21 Å². The van der Waals surface area contributed by atoms with Crippen molar-refractivity contribution in [1.29, 1.82) is 0 Å². The molecule has 0 aliphatic heterocycles. The molecule has 0 aliphatic carbocycles. The fourth-order valence-corrected chi connectivity index (χ4v) is 3.17. The van der Waals surface area contributed by atoms with Gasteiger partial charge in [-0.2, -0.15) is 13.5 Å². The summed E-state index contributed by atoms with van der Waals surface area (Å²) in [5.74, 6) is 0.800. The van der Waals surface area contributed by atoms with E-state index in [4.69, 9.17) is 4.74 Å². The lowest BCUT2D eigenvalue weighted by Crippen LogP contribution is -2.18. The average molecular weight is 375 g/mol. The van der Waals surface area contributed by atoms with Crippen LogP contribution in [0.15, 0.2) is 52.5 Å². The first kappa shape index (κ1) is 20.0. The SMILES string of the molecule is CCCCCOc1ccc(/C=N/NS(=O)(=O)c2ccc(C)c(C)c2)cc1. The molecule has 6 heteroatoms. The molecule has 0 heterocycles. The van der Waals surface area contributed by atoms with E-state index in [0.717, 1.165) is 41.7 Å². The van der Waals surface area contributed by atoms with Crippen LogP contribution in [0.2, 0.25) is 0 Å². The van der Waals surface area contributed by atoms with Gasteiger partial charge >= 0.3 is 0 Å². The molecule has 0 fully saturated rings. The fraction of sp³-hybridized carbons (Fsp3) is 0.350. The highest BCUT2D eigenvalue weighted by Gasteiger charge is 2.13. The van der Waals surface area contributed by atoms with Gasteiger partial charge in [0.25, 0.3) is 10.0 Å². The second-order valence-corrected chi connectivity index (χ2v) is 7.88. The van der Waals surface area contributed by atoms with Crippen molar-refractivity contribution < 1.29 is 13.2 Å². The lowest BCUT2D eigenvalue weighted by molar-refractivity contribution is 0.306. The summed E-state index contributed by atoms with van der Waals surface area (Å²) in [5.41, 5.74) is 2.75. The number of rotatable bonds is 9. The van der Waals surface area contributed by atoms with Crippen LogP contribution in [0.25, 0.3) is 0 Å². The van der Waals surface area contributed by atoms with E-state index < -0.39 is 10.0 Å². The molecular weight excluding hydrogens is 348 g/mol. The number of unbranched alkanes of at least 4 members (excludes halogenated alkanes) is 2. The second-order valence-electron chi connectivity index (χ2n) is 6.22. The molecule has 2 aromatic carbocycles. The van der Waals surface area contributed by atoms with Crippen molar-refractivity contribution in [1.82, 2.24) is 4.83 Å². The Kier molecular flexibility index (Phi) is 7.21. The Hall–Kier alpha value is -2.34. The van der Waals surface area contributed by atoms with Gasteiger partial charge in [0.1, 0.15) is 5.75 Å². The van der Waals surface area contributed by atoms with Crippen molar-refractivity contribution in [2.75, 3.05) is 6.61 Å². The third-order valence-corrected chi connectivity index (χ3v) is 5.29. The van der Waals surface area contributed by atoms with Crippen LogP contribution >= 0.6 is 0 Å². The quantitative estimate of drug-likeness (QED) is 0.407. The molecule has 140 valence electrons. The van der Waals surface area contributed by atoms with Crippen molar-refractivity contribution in [2.24, 2.45) is 5.10 Å². The highest BCUT2D eigenvalue weighted by molar-refractivity contribution is 7.89. The van der Waals surface area contributed by atoms with Crippen LogP contribution in [0.4, 0.5) is 0 Å². The van der Waals surface area contributed by atoms with Gasteiger partial charge in [0, 0.05) is 0 Å². The molecule has 0 unspecified atom stereocenters. The molecule has 0 saturated heterocycles. The number of nitrogens with one attached hydrogen (secondary N) is 1. The molecule has 0 atom stereocenters. The van der Waals surface area contributed by atoms with Crippen LogP contribution < -0.4 is 9.57 Å². The number of hydrogen-bond donors (Lipinski definition) is 1. The van der Waals surface area contributed by atoms with Gasteiger partial charge in [0.05, 0.1) is 17.7 Å². The smallest absolute Gasteiger partial charge is 0.276 e. The van der Waals surface area contributed by atoms with Crippen molar-refractivity contribution in [3.8, 4) is 5.75 Å². The van der Waals surface area contributed by atoms with Crippen LogP contribution in [0.1, 0.15) is 42.9 Å². The molecule has 0 bridgehead atoms. The number of hydrogen-bond acceptors (Lipinski definition) is 4. The van der Waals surface area contributed by atoms with Gasteiger partial charge in [-0.15, -0.1) is 0 Å². The van der Waals surface area contributed by atoms with Gasteiger partial charge in [-0.25, -0.2) is 4.83 Å². The minimum Gasteiger partial charge on any atom is -0.494 e. The van der Waals surface area contributed by atoms with Crippen LogP contribution in [0, 0.1) is 13.8 Å². The molecule has 0 aliphatic rings. The summed E-state index contributed by atoms with van der Waals surface area (Å²) < 4.78 is 30.2. The van der Waals surface area contributed by atoms with Crippen LogP contribution in [-0.2, 0) is 10.0 Å². The first-order chi connectivity index (χ1) is 12.4. The number of sulfonamides is 1. The standard InChI is InChI=1S/C20H26N2O3S/c1-4-5-6-13-25-19-10-8-18(9-11-19)15-21-22-26(23,24)20-12-7-16(2)17(3)14-20/h7-12,14-15,22H,4-6,13H2,1-3H3/b21-15+. The van der Waals surface area contributed by atoms with Gasteiger partial charge in [-0.05, 0) is 73.4 Å². The van der Waals surface area contributed by atoms with Crippen molar-refractivity contribution in [3.05, 3.63) is 59.2 Å². The van der Waals surface area contributed by atoms with E-state index in [2.05, 4.69) is 16.9 Å². The molecule has 0 saturated carbocycles. The predicted molar refractivity (Wildman–Crippen MR) is 105 cm³/mol. The van der Waals surface area contributed by atoms with Crippen molar-refractivity contribution in [3.63, 3.8) is 0 Å². The van der Waals surface area contributed by atoms with Crippen LogP contribution in [0.5, 0.6) is 5.75 Å². The Balaban J connectivity index is 1.93. The summed E-state index contributed by atoms with van der Waals surface area (Å²) in [5, 5.41) is 3.85. The number of benzene rings is 2. The Morgan fingerprint density at radius 2 is 1.77 bits per heavy atom. The lowest BCUT2D eigenvalue weighted by Gasteiger charge is -2.06. The lowest BCUT2D eigenvalue weighted by atomic mass is 10.1. The van der Waals surface area contributed by atoms with E-state index in [-0.39, 0.29) is 4.90 Å². The van der Waals surface area contributed by atoms with Gasteiger partial charge in [0.2, 0.25) is 0 Å². The second kappa shape index (κ2) is 9.38. The maximum Gasteiger partial charge on any atom is 0.276 e. The van der Waals surface area contributed by atoms with Crippen LogP contribution in [-0.4, -0.2) is 21.2 Å². The first-order valence-electron chi connectivity index (χ1n) is 8.77. The van der Waals surface area contributed by atoms with Gasteiger partial charge in [0.15, 0.2) is 0 Å². The van der Waals surface area contributed by atoms with Crippen LogP contribution in [0.3, 0.4) is 0 Å². The number of aryl methyl sites for hydroxylation is 2. The molecule has 5 nitrogen and oxygen atoms in total. The Bertz CT molecular complexity index is 844. The molecule has 1 N–H and O–H groups in total. The molecule has 0 amide bonds. The highest BCUT2D eigenvalue weighted by atomic mass is 32.2. The molecule has 26 heavy (non-hydrogen) atoms. The number of nitrogens with zero attached hydrogens (tertiary/aromatic N) is 1. The van der Waals surface area contributed by atoms with Gasteiger partial charge < -0.3 is 4.74 Å². The molecular formula is C20H26N2O3S. The van der Waals surface area contributed by atoms with Crippen molar-refractivity contribution in [2.45, 2.75) is 44.9 Å². The Morgan fingerprint density at radius 1 is 1.04 bits per heavy atom. The molecule has 0 spiro atoms. The summed E-state index contributed by atoms with van der Waals surface area (Å²) in [6.45, 7) is 6.68. The van der Waals surface area contributed by atoms with Gasteiger partial charge in [-0.3, -0.25) is 0 Å². The third kappa shape index (κ3) is 5.88. The topological polar surface area (TPSA) is 67.8 Å². The maximum atomic E-state index is 12.3. The fourth-order valence-electron chi connectivity index (χ4n) is 2.30. The van der Waals surface area contributed by atoms with E-state index in [1.807, 2.05) is 38.1 Å². The normalized spacial score (nSPS) is 11.7. The van der Waals surface area contributed by atoms with Gasteiger partial charge in [-0.1, -0.05) is 25.8 Å². The zero-order valence-electron chi connectivity index (χ0n) is 15.5. The predicted octanol–water partition coefficient (Wildman–Crippen LogP) is 4.18. The minimum atomic E-state index is -3.67. The Labute approximate surface area is 156 Å². The molecule has 0 aromatic heterocycles. The third-order valence-electron chi connectivity index (χ3n) is 4.07. The average Bonchev–Trinajstić information content (AvgIpc) is 2.62. The summed E-state index contributed by atoms with van der Waals surface area (Å²) in [6, 6.07) is 12.4.